The van der Waals surface area contributed by atoms with Gasteiger partial charge in [-0.1, -0.05) is 30.3 Å². The fourth-order valence-corrected chi connectivity index (χ4v) is 4.86. The van der Waals surface area contributed by atoms with Gasteiger partial charge < -0.3 is 25.2 Å². The van der Waals surface area contributed by atoms with Crippen molar-refractivity contribution in [1.29, 1.82) is 0 Å². The van der Waals surface area contributed by atoms with Gasteiger partial charge in [-0.2, -0.15) is 0 Å². The van der Waals surface area contributed by atoms with E-state index in [9.17, 15) is 9.59 Å². The number of ether oxygens (including phenoxy) is 1. The number of aromatic nitrogens is 2. The maximum Gasteiger partial charge on any atom is 0.317 e. The van der Waals surface area contributed by atoms with Crippen LogP contribution in [0.15, 0.2) is 11.2 Å². The molecule has 0 aliphatic carbocycles. The van der Waals surface area contributed by atoms with Gasteiger partial charge in [0, 0.05) is 57.9 Å². The Kier molecular flexibility index (Phi) is 11.0. The number of rotatable bonds is 10. The highest BCUT2D eigenvalue weighted by Crippen LogP contribution is 2.24. The number of hydrogen-bond donors (Lipinski definition) is 2. The Morgan fingerprint density at radius 3 is 2.71 bits per heavy atom. The second kappa shape index (κ2) is 13.9. The van der Waals surface area contributed by atoms with Crippen LogP contribution in [0, 0.1) is 0 Å². The second-order valence-corrected chi connectivity index (χ2v) is 9.83. The molecule has 2 aliphatic heterocycles. The molecule has 2 aliphatic rings. The van der Waals surface area contributed by atoms with Gasteiger partial charge in [-0.3, -0.25) is 9.69 Å². The smallest absolute Gasteiger partial charge is 0.317 e. The van der Waals surface area contributed by atoms with E-state index in [1.54, 1.807) is 6.07 Å². The van der Waals surface area contributed by atoms with E-state index in [-0.39, 0.29) is 23.7 Å². The summed E-state index contributed by atoms with van der Waals surface area (Å²) in [6.45, 7) is 11.7. The number of halogens is 1. The van der Waals surface area contributed by atoms with Crippen molar-refractivity contribution >= 4 is 41.1 Å². The normalized spacial score (nSPS) is 19.2. The van der Waals surface area contributed by atoms with Crippen LogP contribution >= 0.6 is 23.4 Å². The summed E-state index contributed by atoms with van der Waals surface area (Å²) >= 11 is 7.53. The second-order valence-electron chi connectivity index (χ2n) is 8.50. The number of hydrogen-bond acceptors (Lipinski definition) is 8. The largest absolute Gasteiger partial charge is 0.379 e. The van der Waals surface area contributed by atoms with Crippen molar-refractivity contribution in [1.82, 2.24) is 30.4 Å². The molecule has 34 heavy (non-hydrogen) atoms. The fourth-order valence-electron chi connectivity index (χ4n) is 3.95. The predicted molar refractivity (Wildman–Crippen MR) is 135 cm³/mol. The number of carbonyl (C=O) groups is 2. The number of anilines is 1. The van der Waals surface area contributed by atoms with Crippen LogP contribution in [0.5, 0.6) is 0 Å². The summed E-state index contributed by atoms with van der Waals surface area (Å²) in [6.07, 6.45) is 1.82. The first-order valence-corrected chi connectivity index (χ1v) is 13.4. The van der Waals surface area contributed by atoms with Crippen LogP contribution in [0.3, 0.4) is 0 Å². The molecule has 3 heterocycles. The van der Waals surface area contributed by atoms with Crippen molar-refractivity contribution in [2.45, 2.75) is 37.9 Å². The zero-order valence-corrected chi connectivity index (χ0v) is 21.7. The average Bonchev–Trinajstić information content (AvgIpc) is 2.84. The number of carbonyl (C=O) groups excluding carboxylic acids is 2. The van der Waals surface area contributed by atoms with Crippen molar-refractivity contribution in [2.24, 2.45) is 0 Å². The van der Waals surface area contributed by atoms with Gasteiger partial charge >= 0.3 is 6.03 Å². The molecule has 0 bridgehead atoms. The Bertz CT molecular complexity index is 813. The summed E-state index contributed by atoms with van der Waals surface area (Å²) in [5.41, 5.74) is 0. The lowest BCUT2D eigenvalue weighted by Crippen LogP contribution is -2.56. The van der Waals surface area contributed by atoms with Gasteiger partial charge in [0.15, 0.2) is 5.16 Å². The van der Waals surface area contributed by atoms with E-state index in [4.69, 9.17) is 16.3 Å². The molecule has 3 rings (SSSR count). The van der Waals surface area contributed by atoms with E-state index in [1.807, 2.05) is 18.7 Å². The highest BCUT2D eigenvalue weighted by molar-refractivity contribution is 7.99. The highest BCUT2D eigenvalue weighted by Gasteiger charge is 2.28. The van der Waals surface area contributed by atoms with E-state index in [0.29, 0.717) is 48.9 Å². The van der Waals surface area contributed by atoms with Gasteiger partial charge in [0.05, 0.1) is 19.0 Å². The summed E-state index contributed by atoms with van der Waals surface area (Å²) in [6, 6.07) is 1.75. The molecule has 12 heteroatoms. The van der Waals surface area contributed by atoms with Gasteiger partial charge in [0.2, 0.25) is 5.91 Å². The number of piperazine rings is 1. The van der Waals surface area contributed by atoms with E-state index in [0.717, 1.165) is 45.7 Å². The third-order valence-corrected chi connectivity index (χ3v) is 6.85. The number of nitrogens with zero attached hydrogens (tertiary/aromatic N) is 5. The molecule has 0 spiro atoms. The molecule has 10 nitrogen and oxygen atoms in total. The SMILES string of the molecule is CCCNC(=O)N1CCN(c2cc(Cl)nc(SCC(=O)NCCCN3CCOCC3)n2)CC1C. The minimum Gasteiger partial charge on any atom is -0.379 e. The Balaban J connectivity index is 1.43. The molecule has 0 radical (unpaired) electrons. The molecule has 2 saturated heterocycles. The number of morpholine rings is 1. The highest BCUT2D eigenvalue weighted by atomic mass is 35.5. The lowest BCUT2D eigenvalue weighted by Gasteiger charge is -2.40. The maximum absolute atomic E-state index is 12.3. The van der Waals surface area contributed by atoms with Crippen molar-refractivity contribution in [3.8, 4) is 0 Å². The minimum atomic E-state index is -0.0440. The molecular weight excluding hydrogens is 478 g/mol. The van der Waals surface area contributed by atoms with Crippen molar-refractivity contribution in [2.75, 3.05) is 76.2 Å². The Hall–Kier alpha value is -1.82. The van der Waals surface area contributed by atoms with E-state index in [1.165, 1.54) is 11.8 Å². The number of amides is 3. The first-order valence-electron chi connectivity index (χ1n) is 12.0. The molecule has 2 fully saturated rings. The van der Waals surface area contributed by atoms with Crippen LogP contribution in [0.2, 0.25) is 5.15 Å². The van der Waals surface area contributed by atoms with Crippen LogP contribution in [-0.2, 0) is 9.53 Å². The minimum absolute atomic E-state index is 0.0260. The molecule has 1 unspecified atom stereocenters. The van der Waals surface area contributed by atoms with E-state index in [2.05, 4.69) is 30.4 Å². The van der Waals surface area contributed by atoms with Gasteiger partial charge in [0.25, 0.3) is 0 Å². The lowest BCUT2D eigenvalue weighted by molar-refractivity contribution is -0.118. The Morgan fingerprint density at radius 2 is 1.97 bits per heavy atom. The molecule has 3 amide bonds. The third kappa shape index (κ3) is 8.44. The molecule has 0 saturated carbocycles. The van der Waals surface area contributed by atoms with Crippen LogP contribution < -0.4 is 15.5 Å². The first kappa shape index (κ1) is 26.8. The number of nitrogens with one attached hydrogen (secondary N) is 2. The summed E-state index contributed by atoms with van der Waals surface area (Å²) in [4.78, 5) is 39.8. The maximum atomic E-state index is 12.3. The van der Waals surface area contributed by atoms with Gasteiger partial charge in [0.1, 0.15) is 11.0 Å². The zero-order chi connectivity index (χ0) is 24.3. The number of urea groups is 1. The van der Waals surface area contributed by atoms with Crippen molar-refractivity contribution < 1.29 is 14.3 Å². The summed E-state index contributed by atoms with van der Waals surface area (Å²) < 4.78 is 5.35. The van der Waals surface area contributed by atoms with Crippen LogP contribution in [0.4, 0.5) is 10.6 Å². The monoisotopic (exact) mass is 513 g/mol. The summed E-state index contributed by atoms with van der Waals surface area (Å²) in [5, 5.41) is 6.72. The molecule has 0 aromatic carbocycles. The molecule has 1 atom stereocenters. The van der Waals surface area contributed by atoms with Crippen LogP contribution in [0.25, 0.3) is 0 Å². The Labute approximate surface area is 211 Å². The molecule has 1 aromatic rings. The molecule has 190 valence electrons. The quantitative estimate of drug-likeness (QED) is 0.211. The topological polar surface area (TPSA) is 103 Å². The van der Waals surface area contributed by atoms with Crippen molar-refractivity contribution in [3.63, 3.8) is 0 Å². The molecular formula is C22H36ClN7O3S. The van der Waals surface area contributed by atoms with Crippen molar-refractivity contribution in [3.05, 3.63) is 11.2 Å². The zero-order valence-electron chi connectivity index (χ0n) is 20.1. The average molecular weight is 514 g/mol. The van der Waals surface area contributed by atoms with Crippen LogP contribution in [-0.4, -0.2) is 109 Å². The molecule has 2 N–H and O–H groups in total. The lowest BCUT2D eigenvalue weighted by atomic mass is 10.2. The van der Waals surface area contributed by atoms with E-state index < -0.39 is 0 Å². The first-order chi connectivity index (χ1) is 16.5. The summed E-state index contributed by atoms with van der Waals surface area (Å²) in [7, 11) is 0. The molecule has 1 aromatic heterocycles. The standard InChI is InChI=1S/C22H36ClN7O3S/c1-3-5-25-22(32)30-9-8-29(15-17(30)2)19-14-18(23)26-21(27-19)34-16-20(31)24-6-4-7-28-10-12-33-13-11-28/h14,17H,3-13,15-16H2,1-2H3,(H,24,31)(H,25,32). The Morgan fingerprint density at radius 1 is 1.18 bits per heavy atom. The van der Waals surface area contributed by atoms with Gasteiger partial charge in [-0.15, -0.1) is 0 Å². The van der Waals surface area contributed by atoms with Gasteiger partial charge in [-0.05, 0) is 26.3 Å². The fraction of sp³-hybridized carbons (Fsp3) is 0.727. The number of thioether (sulfide) groups is 1. The van der Waals surface area contributed by atoms with Crippen LogP contribution in [0.1, 0.15) is 26.7 Å². The third-order valence-electron chi connectivity index (χ3n) is 5.81. The van der Waals surface area contributed by atoms with Gasteiger partial charge in [-0.25, -0.2) is 14.8 Å². The predicted octanol–water partition coefficient (Wildman–Crippen LogP) is 1.69. The van der Waals surface area contributed by atoms with E-state index >= 15 is 0 Å². The summed E-state index contributed by atoms with van der Waals surface area (Å²) in [5.74, 6) is 0.908.